The predicted molar refractivity (Wildman–Crippen MR) is 128 cm³/mol. The van der Waals surface area contributed by atoms with Crippen LogP contribution < -0.4 is 0 Å². The molecule has 0 aliphatic rings. The minimum Gasteiger partial charge on any atom is -0.335 e. The Kier molecular flexibility index (Phi) is 4.37. The van der Waals surface area contributed by atoms with Gasteiger partial charge in [-0.2, -0.15) is 5.10 Å². The van der Waals surface area contributed by atoms with E-state index in [1.54, 1.807) is 25.5 Å². The zero-order valence-electron chi connectivity index (χ0n) is 17.7. The van der Waals surface area contributed by atoms with Crippen LogP contribution in [0.25, 0.3) is 55.3 Å². The van der Waals surface area contributed by atoms with Crippen LogP contribution in [0.4, 0.5) is 0 Å². The first-order chi connectivity index (χ1) is 16.1. The van der Waals surface area contributed by atoms with E-state index >= 15 is 0 Å². The maximum Gasteiger partial charge on any atom is 0.169 e. The van der Waals surface area contributed by atoms with E-state index < -0.39 is 0 Å². The number of H-pyrrole nitrogens is 2. The number of nitrogens with zero attached hydrogens (tertiary/aromatic N) is 5. The van der Waals surface area contributed by atoms with Crippen LogP contribution in [0.3, 0.4) is 0 Å². The summed E-state index contributed by atoms with van der Waals surface area (Å²) < 4.78 is 0. The highest BCUT2D eigenvalue weighted by molar-refractivity contribution is 7.17. The molecule has 0 aliphatic carbocycles. The number of hydrogen-bond acceptors (Lipinski definition) is 7. The van der Waals surface area contributed by atoms with Gasteiger partial charge in [-0.05, 0) is 49.7 Å². The molecule has 8 nitrogen and oxygen atoms in total. The molecule has 0 aromatic carbocycles. The maximum atomic E-state index is 11.7. The van der Waals surface area contributed by atoms with Crippen molar-refractivity contribution < 1.29 is 4.79 Å². The first-order valence-corrected chi connectivity index (χ1v) is 11.1. The third-order valence-electron chi connectivity index (χ3n) is 5.56. The van der Waals surface area contributed by atoms with Crippen molar-refractivity contribution in [1.82, 2.24) is 35.1 Å². The standard InChI is InChI=1S/C24H17N7OS/c1-12-7-8-25-9-14(12)16-3-4-17-22(27-16)23(31-30-17)24-28-18-11-26-10-15(21(18)29-24)20-6-5-19(33-20)13(2)32/h3-11H,1-2H3,(H,28,29)(H,30,31). The topological polar surface area (TPSA) is 113 Å². The third-order valence-corrected chi connectivity index (χ3v) is 6.78. The molecular formula is C24H17N7OS. The van der Waals surface area contributed by atoms with Crippen LogP contribution >= 0.6 is 11.3 Å². The molecular weight excluding hydrogens is 434 g/mol. The number of imidazole rings is 1. The Morgan fingerprint density at radius 2 is 1.79 bits per heavy atom. The van der Waals surface area contributed by atoms with Gasteiger partial charge in [0.2, 0.25) is 0 Å². The van der Waals surface area contributed by atoms with Crippen LogP contribution in [0, 0.1) is 6.92 Å². The maximum absolute atomic E-state index is 11.7. The number of fused-ring (bicyclic) bond motifs is 2. The SMILES string of the molecule is CC(=O)c1ccc(-c2cncc3[nH]c(-c4n[nH]c5ccc(-c6cnccc6C)nc45)nc23)s1. The first-order valence-electron chi connectivity index (χ1n) is 10.3. The highest BCUT2D eigenvalue weighted by atomic mass is 32.1. The molecule has 9 heteroatoms. The van der Waals surface area contributed by atoms with E-state index in [1.165, 1.54) is 11.3 Å². The summed E-state index contributed by atoms with van der Waals surface area (Å²) in [5.74, 6) is 0.643. The van der Waals surface area contributed by atoms with Crippen molar-refractivity contribution in [3.63, 3.8) is 0 Å². The van der Waals surface area contributed by atoms with E-state index in [9.17, 15) is 4.79 Å². The number of aromatic nitrogens is 7. The smallest absolute Gasteiger partial charge is 0.169 e. The van der Waals surface area contributed by atoms with Crippen molar-refractivity contribution in [2.45, 2.75) is 13.8 Å². The van der Waals surface area contributed by atoms with Crippen LogP contribution in [0.2, 0.25) is 0 Å². The number of hydrogen-bond donors (Lipinski definition) is 2. The van der Waals surface area contributed by atoms with Gasteiger partial charge in [0.1, 0.15) is 11.0 Å². The fraction of sp³-hybridized carbons (Fsp3) is 0.0833. The largest absolute Gasteiger partial charge is 0.335 e. The van der Waals surface area contributed by atoms with E-state index in [4.69, 9.17) is 9.97 Å². The van der Waals surface area contributed by atoms with Crippen molar-refractivity contribution in [2.24, 2.45) is 0 Å². The Morgan fingerprint density at radius 1 is 0.909 bits per heavy atom. The normalized spacial score (nSPS) is 11.5. The van der Waals surface area contributed by atoms with E-state index in [0.717, 1.165) is 49.3 Å². The van der Waals surface area contributed by atoms with Gasteiger partial charge in [-0.25, -0.2) is 9.97 Å². The Hall–Kier alpha value is -4.24. The van der Waals surface area contributed by atoms with E-state index in [-0.39, 0.29) is 5.78 Å². The molecule has 6 aromatic heterocycles. The number of aromatic amines is 2. The molecule has 0 fully saturated rings. The van der Waals surface area contributed by atoms with Crippen molar-refractivity contribution in [3.05, 3.63) is 65.6 Å². The van der Waals surface area contributed by atoms with Gasteiger partial charge in [0, 0.05) is 34.6 Å². The van der Waals surface area contributed by atoms with Crippen molar-refractivity contribution >= 4 is 39.2 Å². The zero-order valence-corrected chi connectivity index (χ0v) is 18.6. The summed E-state index contributed by atoms with van der Waals surface area (Å²) in [5, 5.41) is 7.54. The molecule has 0 amide bonds. The molecule has 0 unspecified atom stereocenters. The summed E-state index contributed by atoms with van der Waals surface area (Å²) in [6.07, 6.45) is 7.10. The second-order valence-corrected chi connectivity index (χ2v) is 8.83. The van der Waals surface area contributed by atoms with Crippen LogP contribution in [-0.4, -0.2) is 40.9 Å². The average Bonchev–Trinajstić information content (AvgIpc) is 3.56. The predicted octanol–water partition coefficient (Wildman–Crippen LogP) is 5.20. The minimum atomic E-state index is 0.0443. The molecule has 6 heterocycles. The van der Waals surface area contributed by atoms with Crippen molar-refractivity contribution in [2.75, 3.05) is 0 Å². The summed E-state index contributed by atoms with van der Waals surface area (Å²) in [4.78, 5) is 35.0. The molecule has 0 saturated carbocycles. The zero-order chi connectivity index (χ0) is 22.5. The number of thiophene rings is 1. The molecule has 0 bridgehead atoms. The highest BCUT2D eigenvalue weighted by Crippen LogP contribution is 2.34. The molecule has 6 aromatic rings. The molecule has 0 spiro atoms. The van der Waals surface area contributed by atoms with Gasteiger partial charge in [0.05, 0.1) is 27.8 Å². The second-order valence-electron chi connectivity index (χ2n) is 7.74. The lowest BCUT2D eigenvalue weighted by atomic mass is 10.1. The summed E-state index contributed by atoms with van der Waals surface area (Å²) in [5.41, 5.74) is 7.49. The van der Waals surface area contributed by atoms with Crippen LogP contribution in [-0.2, 0) is 0 Å². The number of carbonyl (C=O) groups excluding carboxylic acids is 1. The van der Waals surface area contributed by atoms with Crippen LogP contribution in [0.1, 0.15) is 22.2 Å². The van der Waals surface area contributed by atoms with Crippen LogP contribution in [0.15, 0.2) is 55.1 Å². The Labute approximate surface area is 191 Å². The van der Waals surface area contributed by atoms with Crippen LogP contribution in [0.5, 0.6) is 0 Å². The monoisotopic (exact) mass is 451 g/mol. The lowest BCUT2D eigenvalue weighted by Crippen LogP contribution is -1.90. The highest BCUT2D eigenvalue weighted by Gasteiger charge is 2.18. The van der Waals surface area contributed by atoms with Gasteiger partial charge in [0.25, 0.3) is 0 Å². The van der Waals surface area contributed by atoms with Gasteiger partial charge in [-0.15, -0.1) is 11.3 Å². The van der Waals surface area contributed by atoms with E-state index in [0.29, 0.717) is 16.4 Å². The van der Waals surface area contributed by atoms with Gasteiger partial charge in [0.15, 0.2) is 17.3 Å². The average molecular weight is 452 g/mol. The Morgan fingerprint density at radius 3 is 2.61 bits per heavy atom. The molecule has 0 radical (unpaired) electrons. The van der Waals surface area contributed by atoms with Gasteiger partial charge < -0.3 is 4.98 Å². The summed E-state index contributed by atoms with van der Waals surface area (Å²) in [6, 6.07) is 9.65. The number of pyridine rings is 3. The molecule has 6 rings (SSSR count). The van der Waals surface area contributed by atoms with Gasteiger partial charge in [-0.3, -0.25) is 19.9 Å². The second kappa shape index (κ2) is 7.42. The summed E-state index contributed by atoms with van der Waals surface area (Å²) in [7, 11) is 0. The summed E-state index contributed by atoms with van der Waals surface area (Å²) >= 11 is 1.44. The van der Waals surface area contributed by atoms with E-state index in [1.807, 2.05) is 43.5 Å². The molecule has 33 heavy (non-hydrogen) atoms. The fourth-order valence-electron chi connectivity index (χ4n) is 3.84. The van der Waals surface area contributed by atoms with Gasteiger partial charge in [-0.1, -0.05) is 0 Å². The fourth-order valence-corrected chi connectivity index (χ4v) is 4.76. The molecule has 0 saturated heterocycles. The quantitative estimate of drug-likeness (QED) is 0.356. The first kappa shape index (κ1) is 19.4. The Balaban J connectivity index is 1.49. The number of ketones is 1. The molecule has 0 atom stereocenters. The number of nitrogens with one attached hydrogen (secondary N) is 2. The molecule has 0 aliphatic heterocycles. The van der Waals surface area contributed by atoms with Crippen molar-refractivity contribution in [1.29, 1.82) is 0 Å². The lowest BCUT2D eigenvalue weighted by Gasteiger charge is -2.04. The number of rotatable bonds is 4. The van der Waals surface area contributed by atoms with Gasteiger partial charge >= 0.3 is 0 Å². The molecule has 160 valence electrons. The third kappa shape index (κ3) is 3.21. The lowest BCUT2D eigenvalue weighted by molar-refractivity contribution is 0.102. The Bertz CT molecular complexity index is 1680. The minimum absolute atomic E-state index is 0.0443. The number of carbonyl (C=O) groups is 1. The van der Waals surface area contributed by atoms with Crippen molar-refractivity contribution in [3.8, 4) is 33.2 Å². The molecule has 2 N–H and O–H groups in total. The van der Waals surface area contributed by atoms with E-state index in [2.05, 4.69) is 25.1 Å². The number of Topliss-reactive ketones (excluding diaryl/α,β-unsaturated/α-hetero) is 1. The number of aryl methyl sites for hydroxylation is 1. The summed E-state index contributed by atoms with van der Waals surface area (Å²) in [6.45, 7) is 3.60.